The van der Waals surface area contributed by atoms with Gasteiger partial charge in [0.05, 0.1) is 5.69 Å². The zero-order valence-corrected chi connectivity index (χ0v) is 9.95. The first-order valence-electron chi connectivity index (χ1n) is 5.14. The predicted molar refractivity (Wildman–Crippen MR) is 64.4 cm³/mol. The van der Waals surface area contributed by atoms with Crippen LogP contribution in [0.2, 0.25) is 5.02 Å². The fraction of sp³-hybridized carbons (Fsp3) is 0.154. The molecule has 4 heteroatoms. The molecule has 0 saturated carbocycles. The summed E-state index contributed by atoms with van der Waals surface area (Å²) >= 11 is 5.66. The van der Waals surface area contributed by atoms with Gasteiger partial charge in [-0.1, -0.05) is 23.7 Å². The first kappa shape index (κ1) is 12.0. The molecule has 1 unspecified atom stereocenters. The predicted octanol–water partition coefficient (Wildman–Crippen LogP) is 3.26. The van der Waals surface area contributed by atoms with E-state index in [1.54, 1.807) is 18.3 Å². The van der Waals surface area contributed by atoms with Crippen LogP contribution in [-0.2, 0) is 0 Å². The van der Waals surface area contributed by atoms with Crippen LogP contribution in [-0.4, -0.2) is 10.1 Å². The Morgan fingerprint density at radius 2 is 2.12 bits per heavy atom. The molecule has 0 aliphatic rings. The summed E-state index contributed by atoms with van der Waals surface area (Å²) in [5.74, 6) is -0.532. The lowest BCUT2D eigenvalue weighted by Gasteiger charge is -2.13. The number of rotatable bonds is 2. The van der Waals surface area contributed by atoms with Crippen LogP contribution in [0.1, 0.15) is 22.9 Å². The van der Waals surface area contributed by atoms with Crippen LogP contribution in [0.15, 0.2) is 36.5 Å². The molecule has 1 heterocycles. The zero-order valence-electron chi connectivity index (χ0n) is 9.19. The molecule has 88 valence electrons. The maximum absolute atomic E-state index is 13.6. The number of aliphatic hydroxyl groups is 1. The third-order valence-electron chi connectivity index (χ3n) is 2.57. The number of aliphatic hydroxyl groups excluding tert-OH is 1. The molecule has 0 aliphatic heterocycles. The topological polar surface area (TPSA) is 33.1 Å². The smallest absolute Gasteiger partial charge is 0.130 e. The highest BCUT2D eigenvalue weighted by Crippen LogP contribution is 2.26. The summed E-state index contributed by atoms with van der Waals surface area (Å²) in [6.45, 7) is 1.82. The first-order chi connectivity index (χ1) is 8.09. The third-order valence-corrected chi connectivity index (χ3v) is 2.80. The van der Waals surface area contributed by atoms with Crippen LogP contribution in [0.3, 0.4) is 0 Å². The molecule has 2 aromatic rings. The highest BCUT2D eigenvalue weighted by Gasteiger charge is 2.17. The number of hydrogen-bond acceptors (Lipinski definition) is 2. The van der Waals surface area contributed by atoms with Crippen LogP contribution in [0, 0.1) is 12.7 Å². The average Bonchev–Trinajstić information content (AvgIpc) is 2.29. The van der Waals surface area contributed by atoms with E-state index >= 15 is 0 Å². The minimum atomic E-state index is -1.08. The number of pyridine rings is 1. The van der Waals surface area contributed by atoms with E-state index in [-0.39, 0.29) is 5.56 Å². The van der Waals surface area contributed by atoms with Crippen molar-refractivity contribution < 1.29 is 9.50 Å². The van der Waals surface area contributed by atoms with Crippen molar-refractivity contribution in [2.24, 2.45) is 0 Å². The van der Waals surface area contributed by atoms with E-state index < -0.39 is 11.9 Å². The summed E-state index contributed by atoms with van der Waals surface area (Å²) in [4.78, 5) is 4.07. The second kappa shape index (κ2) is 4.82. The van der Waals surface area contributed by atoms with Gasteiger partial charge in [0.25, 0.3) is 0 Å². The molecule has 0 fully saturated rings. The fourth-order valence-corrected chi connectivity index (χ4v) is 1.81. The Hall–Kier alpha value is -1.45. The Kier molecular flexibility index (Phi) is 3.41. The number of hydrogen-bond donors (Lipinski definition) is 1. The number of nitrogens with zero attached hydrogens (tertiary/aromatic N) is 1. The summed E-state index contributed by atoms with van der Waals surface area (Å²) in [5.41, 5.74) is 1.44. The Morgan fingerprint density at radius 1 is 1.35 bits per heavy atom. The highest BCUT2D eigenvalue weighted by atomic mass is 35.5. The van der Waals surface area contributed by atoms with Gasteiger partial charge in [-0.3, -0.25) is 4.98 Å². The molecule has 2 nitrogen and oxygen atoms in total. The summed E-state index contributed by atoms with van der Waals surface area (Å²) in [5, 5.41) is 10.4. The second-order valence-corrected chi connectivity index (χ2v) is 4.21. The molecule has 1 atom stereocenters. The normalized spacial score (nSPS) is 12.5. The second-order valence-electron chi connectivity index (χ2n) is 3.77. The Balaban J connectivity index is 2.44. The summed E-state index contributed by atoms with van der Waals surface area (Å²) in [7, 11) is 0. The van der Waals surface area contributed by atoms with Gasteiger partial charge in [-0.05, 0) is 30.7 Å². The zero-order chi connectivity index (χ0) is 12.4. The summed E-state index contributed by atoms with van der Waals surface area (Å²) < 4.78 is 13.6. The molecule has 0 saturated heterocycles. The monoisotopic (exact) mass is 251 g/mol. The van der Waals surface area contributed by atoms with Crippen molar-refractivity contribution in [2.75, 3.05) is 0 Å². The van der Waals surface area contributed by atoms with Crippen molar-refractivity contribution in [1.29, 1.82) is 0 Å². The molecule has 1 N–H and O–H groups in total. The lowest BCUT2D eigenvalue weighted by molar-refractivity contribution is 0.209. The van der Waals surface area contributed by atoms with Crippen LogP contribution in [0.5, 0.6) is 0 Å². The molecule has 1 aromatic carbocycles. The van der Waals surface area contributed by atoms with E-state index in [1.165, 1.54) is 12.1 Å². The van der Waals surface area contributed by atoms with E-state index in [2.05, 4.69) is 4.98 Å². The van der Waals surface area contributed by atoms with Gasteiger partial charge in [0.15, 0.2) is 0 Å². The molecule has 0 spiro atoms. The molecule has 17 heavy (non-hydrogen) atoms. The molecular formula is C13H11ClFNO. The number of aryl methyl sites for hydroxylation is 1. The van der Waals surface area contributed by atoms with Gasteiger partial charge >= 0.3 is 0 Å². The Bertz CT molecular complexity index is 545. The number of benzene rings is 1. The van der Waals surface area contributed by atoms with Crippen LogP contribution < -0.4 is 0 Å². The number of halogens is 2. The van der Waals surface area contributed by atoms with Crippen molar-refractivity contribution in [2.45, 2.75) is 13.0 Å². The minimum Gasteiger partial charge on any atom is -0.382 e. The van der Waals surface area contributed by atoms with Crippen molar-refractivity contribution >= 4 is 11.6 Å². The van der Waals surface area contributed by atoms with Crippen molar-refractivity contribution in [1.82, 2.24) is 4.98 Å². The molecule has 2 rings (SSSR count). The van der Waals surface area contributed by atoms with E-state index in [0.717, 1.165) is 5.56 Å². The lowest BCUT2D eigenvalue weighted by Crippen LogP contribution is -2.06. The molecule has 0 bridgehead atoms. The minimum absolute atomic E-state index is 0.177. The maximum atomic E-state index is 13.6. The van der Waals surface area contributed by atoms with Gasteiger partial charge < -0.3 is 5.11 Å². The largest absolute Gasteiger partial charge is 0.382 e. The lowest BCUT2D eigenvalue weighted by atomic mass is 10.0. The average molecular weight is 252 g/mol. The van der Waals surface area contributed by atoms with Gasteiger partial charge in [0, 0.05) is 16.8 Å². The van der Waals surface area contributed by atoms with Crippen molar-refractivity contribution in [3.8, 4) is 0 Å². The molecule has 1 aromatic heterocycles. The number of aromatic nitrogens is 1. The SMILES string of the molecule is Cc1cccnc1C(O)c1ccc(Cl)cc1F. The summed E-state index contributed by atoms with van der Waals surface area (Å²) in [6.07, 6.45) is 0.493. The quantitative estimate of drug-likeness (QED) is 0.889. The molecular weight excluding hydrogens is 241 g/mol. The van der Waals surface area contributed by atoms with E-state index in [1.807, 2.05) is 13.0 Å². The van der Waals surface area contributed by atoms with Crippen LogP contribution in [0.25, 0.3) is 0 Å². The van der Waals surface area contributed by atoms with E-state index in [9.17, 15) is 9.50 Å². The van der Waals surface area contributed by atoms with E-state index in [4.69, 9.17) is 11.6 Å². The van der Waals surface area contributed by atoms with Gasteiger partial charge in [-0.15, -0.1) is 0 Å². The van der Waals surface area contributed by atoms with Gasteiger partial charge in [-0.25, -0.2) is 4.39 Å². The Morgan fingerprint density at radius 3 is 2.76 bits per heavy atom. The standard InChI is InChI=1S/C13H11ClFNO/c1-8-3-2-6-16-12(8)13(17)10-5-4-9(14)7-11(10)15/h2-7,13,17H,1H3. The van der Waals surface area contributed by atoms with Crippen molar-refractivity contribution in [3.05, 3.63) is 64.2 Å². The molecule has 0 radical (unpaired) electrons. The Labute approximate surface area is 104 Å². The third kappa shape index (κ3) is 2.46. The first-order valence-corrected chi connectivity index (χ1v) is 5.52. The molecule has 0 aliphatic carbocycles. The maximum Gasteiger partial charge on any atom is 0.130 e. The van der Waals surface area contributed by atoms with Gasteiger partial charge in [0.1, 0.15) is 11.9 Å². The van der Waals surface area contributed by atoms with Crippen molar-refractivity contribution in [3.63, 3.8) is 0 Å². The highest BCUT2D eigenvalue weighted by molar-refractivity contribution is 6.30. The fourth-order valence-electron chi connectivity index (χ4n) is 1.65. The van der Waals surface area contributed by atoms with E-state index in [0.29, 0.717) is 10.7 Å². The summed E-state index contributed by atoms with van der Waals surface area (Å²) in [6, 6.07) is 7.78. The van der Waals surface area contributed by atoms with Gasteiger partial charge in [0.2, 0.25) is 0 Å². The van der Waals surface area contributed by atoms with Crippen LogP contribution in [0.4, 0.5) is 4.39 Å². The van der Waals surface area contributed by atoms with Crippen LogP contribution >= 0.6 is 11.6 Å². The molecule has 0 amide bonds. The van der Waals surface area contributed by atoms with Gasteiger partial charge in [-0.2, -0.15) is 0 Å².